The average Bonchev–Trinajstić information content (AvgIpc) is 3.91. The van der Waals surface area contributed by atoms with Gasteiger partial charge in [0.15, 0.2) is 6.17 Å². The van der Waals surface area contributed by atoms with Crippen LogP contribution in [0.3, 0.4) is 0 Å². The first-order valence-electron chi connectivity index (χ1n) is 17.2. The van der Waals surface area contributed by atoms with Gasteiger partial charge < -0.3 is 20.5 Å². The minimum atomic E-state index is -0.0567. The van der Waals surface area contributed by atoms with E-state index in [0.717, 1.165) is 46.2 Å². The molecule has 2 atom stereocenters. The zero-order chi connectivity index (χ0) is 33.3. The van der Waals surface area contributed by atoms with Crippen LogP contribution in [0.4, 0.5) is 28.6 Å². The summed E-state index contributed by atoms with van der Waals surface area (Å²) in [7, 11) is 0. The summed E-state index contributed by atoms with van der Waals surface area (Å²) < 4.78 is 2.34. The van der Waals surface area contributed by atoms with Gasteiger partial charge in [0.25, 0.3) is 0 Å². The Kier molecular flexibility index (Phi) is 6.33. The number of hydrogen-bond donors (Lipinski definition) is 2. The van der Waals surface area contributed by atoms with E-state index in [1.807, 2.05) is 12.3 Å². The number of aromatic nitrogens is 1. The Morgan fingerprint density at radius 2 is 1.52 bits per heavy atom. The molecule has 0 saturated carbocycles. The van der Waals surface area contributed by atoms with Gasteiger partial charge in [-0.25, -0.2) is 0 Å². The fraction of sp³-hybridized carbons (Fsp3) is 0.0909. The van der Waals surface area contributed by atoms with Gasteiger partial charge in [0, 0.05) is 74.9 Å². The number of para-hydroxylation sites is 3. The van der Waals surface area contributed by atoms with Crippen LogP contribution in [-0.2, 0) is 0 Å². The Labute approximate surface area is 291 Å². The van der Waals surface area contributed by atoms with Gasteiger partial charge in [-0.15, -0.1) is 0 Å². The molecule has 2 unspecified atom stereocenters. The van der Waals surface area contributed by atoms with Crippen molar-refractivity contribution in [3.63, 3.8) is 0 Å². The highest BCUT2D eigenvalue weighted by molar-refractivity contribution is 6.05. The highest BCUT2D eigenvalue weighted by Gasteiger charge is 2.38. The second kappa shape index (κ2) is 11.1. The van der Waals surface area contributed by atoms with Crippen LogP contribution in [0.5, 0.6) is 0 Å². The smallest absolute Gasteiger partial charge is 0.152 e. The van der Waals surface area contributed by atoms with Gasteiger partial charge in [0.05, 0.1) is 17.2 Å². The van der Waals surface area contributed by atoms with E-state index in [2.05, 4.69) is 160 Å². The fourth-order valence-corrected chi connectivity index (χ4v) is 8.42. The molecule has 0 spiro atoms. The molecule has 4 aliphatic heterocycles. The van der Waals surface area contributed by atoms with Gasteiger partial charge >= 0.3 is 0 Å². The topological polar surface area (TPSA) is 59.7 Å². The molecule has 0 bridgehead atoms. The summed E-state index contributed by atoms with van der Waals surface area (Å²) in [5, 5.41) is 13.0. The van der Waals surface area contributed by atoms with Crippen LogP contribution in [0.2, 0.25) is 0 Å². The minimum Gasteiger partial charge on any atom is -0.367 e. The van der Waals surface area contributed by atoms with E-state index in [1.54, 1.807) is 0 Å². The van der Waals surface area contributed by atoms with E-state index in [-0.39, 0.29) is 12.2 Å². The largest absolute Gasteiger partial charge is 0.367 e. The Morgan fingerprint density at radius 1 is 0.760 bits per heavy atom. The fourth-order valence-electron chi connectivity index (χ4n) is 8.42. The lowest BCUT2D eigenvalue weighted by molar-refractivity contribution is 0.889. The molecule has 1 aromatic heterocycles. The number of nitrogens with one attached hydrogen (secondary N) is 2. The highest BCUT2D eigenvalue weighted by atomic mass is 15.3. The van der Waals surface area contributed by atoms with Crippen molar-refractivity contribution < 1.29 is 0 Å². The van der Waals surface area contributed by atoms with Gasteiger partial charge in [-0.05, 0) is 84.8 Å². The molecule has 50 heavy (non-hydrogen) atoms. The summed E-state index contributed by atoms with van der Waals surface area (Å²) in [4.78, 5) is 9.63. The molecule has 6 aromatic rings. The number of nitrogens with zero attached hydrogens (tertiary/aromatic N) is 4. The monoisotopic (exact) mass is 646 g/mol. The summed E-state index contributed by atoms with van der Waals surface area (Å²) in [6.45, 7) is 3.05. The number of allylic oxidation sites excluding steroid dienone is 2. The van der Waals surface area contributed by atoms with Crippen LogP contribution in [-0.4, -0.2) is 35.7 Å². The number of anilines is 5. The van der Waals surface area contributed by atoms with Crippen LogP contribution in [0.15, 0.2) is 138 Å². The molecule has 6 nitrogen and oxygen atoms in total. The quantitative estimate of drug-likeness (QED) is 0.183. The maximum Gasteiger partial charge on any atom is 0.152 e. The number of hydrogen-bond acceptors (Lipinski definition) is 5. The molecule has 0 radical (unpaired) electrons. The van der Waals surface area contributed by atoms with Gasteiger partial charge in [0.2, 0.25) is 0 Å². The van der Waals surface area contributed by atoms with E-state index >= 15 is 0 Å². The first-order chi connectivity index (χ1) is 24.7. The van der Waals surface area contributed by atoms with Crippen molar-refractivity contribution in [2.24, 2.45) is 4.99 Å². The summed E-state index contributed by atoms with van der Waals surface area (Å²) in [6.07, 6.45) is 11.8. The first-order valence-corrected chi connectivity index (χ1v) is 17.2. The lowest BCUT2D eigenvalue weighted by Gasteiger charge is -2.28. The Bertz CT molecular complexity index is 2500. The Morgan fingerprint density at radius 3 is 2.36 bits per heavy atom. The second-order valence-corrected chi connectivity index (χ2v) is 13.2. The van der Waals surface area contributed by atoms with Crippen molar-refractivity contribution in [3.05, 3.63) is 150 Å². The Hall–Kier alpha value is -6.40. The summed E-state index contributed by atoms with van der Waals surface area (Å²) >= 11 is 0. The van der Waals surface area contributed by atoms with Crippen molar-refractivity contribution in [2.75, 3.05) is 21.7 Å². The van der Waals surface area contributed by atoms with Gasteiger partial charge in [-0.3, -0.25) is 9.56 Å². The van der Waals surface area contributed by atoms with Crippen molar-refractivity contribution in [1.82, 2.24) is 4.57 Å². The van der Waals surface area contributed by atoms with E-state index in [9.17, 15) is 0 Å². The molecule has 4 aliphatic rings. The van der Waals surface area contributed by atoms with Crippen LogP contribution in [0, 0.1) is 5.41 Å². The third-order valence-corrected chi connectivity index (χ3v) is 10.6. The lowest BCUT2D eigenvalue weighted by atomic mass is 9.99. The van der Waals surface area contributed by atoms with Gasteiger partial charge in [-0.1, -0.05) is 72.8 Å². The number of fused-ring (bicyclic) bond motifs is 7. The number of benzene rings is 5. The summed E-state index contributed by atoms with van der Waals surface area (Å²) in [5.74, 6) is 1.13. The second-order valence-electron chi connectivity index (χ2n) is 13.2. The van der Waals surface area contributed by atoms with Crippen LogP contribution in [0.1, 0.15) is 23.6 Å². The molecular weight excluding hydrogens is 613 g/mol. The SMILES string of the molecule is CC1/C(=C\C=N)c2cc(N3c4ccccc4C4=CC=NC43)ccc2N1c1ccccc1-c1ccc2c(c1)c1c(n2-c2ccccc2)NCC=C1. The molecule has 0 fully saturated rings. The summed E-state index contributed by atoms with van der Waals surface area (Å²) in [5.41, 5.74) is 15.2. The maximum absolute atomic E-state index is 8.11. The molecular formula is C44H34N6. The van der Waals surface area contributed by atoms with E-state index in [1.165, 1.54) is 50.6 Å². The predicted molar refractivity (Wildman–Crippen MR) is 210 cm³/mol. The molecule has 5 heterocycles. The van der Waals surface area contributed by atoms with E-state index in [0.29, 0.717) is 0 Å². The Balaban J connectivity index is 1.10. The van der Waals surface area contributed by atoms with Crippen LogP contribution in [0.25, 0.3) is 44.9 Å². The molecule has 6 heteroatoms. The molecule has 0 amide bonds. The zero-order valence-corrected chi connectivity index (χ0v) is 27.6. The standard InChI is InChI=1S/C44H34N6/c1-28-32(21-23-45)38-27-31(50-40-16-8-6-13-34(40)36-22-25-47-44(36)50)18-20-41(38)48(28)39-15-7-5-12-33(39)29-17-19-42-37(26-29)35-14-9-24-46-43(35)49(42)30-10-3-2-4-11-30/h2-23,25-28,44-46H,24H2,1H3/b32-21+,45-23?. The molecule has 0 aliphatic carbocycles. The van der Waals surface area contributed by atoms with Crippen LogP contribution >= 0.6 is 0 Å². The van der Waals surface area contributed by atoms with Gasteiger partial charge in [-0.2, -0.15) is 0 Å². The van der Waals surface area contributed by atoms with Crippen LogP contribution < -0.4 is 15.1 Å². The number of rotatable bonds is 5. The van der Waals surface area contributed by atoms with Crippen molar-refractivity contribution in [2.45, 2.75) is 19.1 Å². The normalized spacial score (nSPS) is 19.0. The zero-order valence-electron chi connectivity index (χ0n) is 27.6. The predicted octanol–water partition coefficient (Wildman–Crippen LogP) is 10.3. The number of aliphatic imine (C=N–C) groups is 1. The van der Waals surface area contributed by atoms with E-state index in [4.69, 9.17) is 10.4 Å². The van der Waals surface area contributed by atoms with Crippen molar-refractivity contribution in [1.29, 1.82) is 5.41 Å². The molecule has 2 N–H and O–H groups in total. The maximum atomic E-state index is 8.11. The first kappa shape index (κ1) is 28.6. The highest BCUT2D eigenvalue weighted by Crippen LogP contribution is 2.52. The average molecular weight is 647 g/mol. The van der Waals surface area contributed by atoms with Crippen molar-refractivity contribution >= 4 is 69.1 Å². The molecule has 5 aromatic carbocycles. The molecule has 10 rings (SSSR count). The third kappa shape index (κ3) is 4.08. The molecule has 0 saturated heterocycles. The summed E-state index contributed by atoms with van der Waals surface area (Å²) in [6, 6.07) is 41.5. The van der Waals surface area contributed by atoms with E-state index < -0.39 is 0 Å². The minimum absolute atomic E-state index is 0.0246. The lowest BCUT2D eigenvalue weighted by Crippen LogP contribution is -2.24. The van der Waals surface area contributed by atoms with Gasteiger partial charge in [0.1, 0.15) is 5.82 Å². The third-order valence-electron chi connectivity index (χ3n) is 10.6. The van der Waals surface area contributed by atoms with Crippen molar-refractivity contribution in [3.8, 4) is 16.8 Å². The molecule has 240 valence electrons.